The van der Waals surface area contributed by atoms with E-state index in [1.165, 1.54) is 18.6 Å². The molecule has 0 unspecified atom stereocenters. The molecule has 2 rings (SSSR count). The van der Waals surface area contributed by atoms with Gasteiger partial charge in [-0.25, -0.2) is 4.98 Å². The van der Waals surface area contributed by atoms with E-state index in [0.717, 1.165) is 0 Å². The first-order chi connectivity index (χ1) is 8.66. The van der Waals surface area contributed by atoms with Gasteiger partial charge in [0.25, 0.3) is 0 Å². The average molecular weight is 314 g/mol. The summed E-state index contributed by atoms with van der Waals surface area (Å²) in [6.07, 6.45) is 3.26. The number of aromatic nitrogens is 3. The Labute approximate surface area is 110 Å². The van der Waals surface area contributed by atoms with Gasteiger partial charge in [0, 0.05) is 29.7 Å². The second-order valence-corrected chi connectivity index (χ2v) is 4.21. The molecular formula is C9H8BrN5O3. The zero-order valence-corrected chi connectivity index (χ0v) is 10.6. The van der Waals surface area contributed by atoms with Crippen LogP contribution in [0.5, 0.6) is 0 Å². The molecule has 0 atom stereocenters. The van der Waals surface area contributed by atoms with E-state index in [0.29, 0.717) is 23.3 Å². The molecule has 9 heteroatoms. The van der Waals surface area contributed by atoms with Gasteiger partial charge < -0.3 is 9.84 Å². The van der Waals surface area contributed by atoms with Gasteiger partial charge in [0.05, 0.1) is 4.92 Å². The Balaban J connectivity index is 2.02. The average Bonchev–Trinajstić information content (AvgIpc) is 2.84. The predicted octanol–water partition coefficient (Wildman–Crippen LogP) is 1.79. The number of nitrogens with zero attached hydrogens (tertiary/aromatic N) is 4. The second-order valence-electron chi connectivity index (χ2n) is 3.29. The summed E-state index contributed by atoms with van der Waals surface area (Å²) in [4.78, 5) is 18.1. The van der Waals surface area contributed by atoms with Crippen molar-refractivity contribution in [3.8, 4) is 0 Å². The summed E-state index contributed by atoms with van der Waals surface area (Å²) in [5.74, 6) is 0.671. The Hall–Kier alpha value is -2.03. The van der Waals surface area contributed by atoms with Gasteiger partial charge >= 0.3 is 5.69 Å². The molecule has 94 valence electrons. The van der Waals surface area contributed by atoms with Crippen molar-refractivity contribution >= 4 is 27.4 Å². The van der Waals surface area contributed by atoms with E-state index in [1.54, 1.807) is 0 Å². The van der Waals surface area contributed by atoms with E-state index in [9.17, 15) is 10.1 Å². The lowest BCUT2D eigenvalue weighted by Gasteiger charge is -2.04. The second kappa shape index (κ2) is 5.54. The maximum absolute atomic E-state index is 10.8. The minimum Gasteiger partial charge on any atom is -0.364 e. The van der Waals surface area contributed by atoms with Crippen molar-refractivity contribution in [2.24, 2.45) is 0 Å². The number of hydrogen-bond donors (Lipinski definition) is 1. The summed E-state index contributed by atoms with van der Waals surface area (Å²) >= 11 is 3.14. The molecule has 2 aromatic heterocycles. The highest BCUT2D eigenvalue weighted by Gasteiger charge is 2.15. The zero-order chi connectivity index (χ0) is 13.0. The predicted molar refractivity (Wildman–Crippen MR) is 65.1 cm³/mol. The van der Waals surface area contributed by atoms with Crippen LogP contribution in [0.4, 0.5) is 11.5 Å². The lowest BCUT2D eigenvalue weighted by atomic mass is 10.3. The number of hydrogen-bond acceptors (Lipinski definition) is 7. The Morgan fingerprint density at radius 3 is 3.00 bits per heavy atom. The maximum atomic E-state index is 10.8. The van der Waals surface area contributed by atoms with Gasteiger partial charge in [-0.1, -0.05) is 5.16 Å². The number of rotatable bonds is 5. The molecule has 0 saturated carbocycles. The summed E-state index contributed by atoms with van der Waals surface area (Å²) in [5, 5.41) is 17.1. The molecule has 0 aliphatic heterocycles. The van der Waals surface area contributed by atoms with Gasteiger partial charge in [-0.05, 0) is 15.9 Å². The third-order valence-corrected chi connectivity index (χ3v) is 2.50. The SMILES string of the molecule is O=[N+]([O-])c1cc(Br)cnc1NCCc1ncno1. The third kappa shape index (κ3) is 3.00. The first kappa shape index (κ1) is 12.4. The van der Waals surface area contributed by atoms with Crippen molar-refractivity contribution in [1.29, 1.82) is 0 Å². The Morgan fingerprint density at radius 2 is 2.33 bits per heavy atom. The summed E-state index contributed by atoms with van der Waals surface area (Å²) in [7, 11) is 0. The summed E-state index contributed by atoms with van der Waals surface area (Å²) in [6.45, 7) is 0.414. The number of nitrogens with one attached hydrogen (secondary N) is 1. The molecule has 0 amide bonds. The van der Waals surface area contributed by atoms with Gasteiger partial charge in [0.1, 0.15) is 0 Å². The summed E-state index contributed by atoms with van der Waals surface area (Å²) in [6, 6.07) is 1.39. The minimum absolute atomic E-state index is 0.0881. The lowest BCUT2D eigenvalue weighted by Crippen LogP contribution is -2.08. The maximum Gasteiger partial charge on any atom is 0.312 e. The molecule has 8 nitrogen and oxygen atoms in total. The highest BCUT2D eigenvalue weighted by molar-refractivity contribution is 9.10. The van der Waals surface area contributed by atoms with Crippen LogP contribution in [0.3, 0.4) is 0 Å². The van der Waals surface area contributed by atoms with Gasteiger partial charge in [0.2, 0.25) is 11.7 Å². The molecule has 1 N–H and O–H groups in total. The Morgan fingerprint density at radius 1 is 1.50 bits per heavy atom. The largest absolute Gasteiger partial charge is 0.364 e. The van der Waals surface area contributed by atoms with Crippen LogP contribution < -0.4 is 5.32 Å². The summed E-state index contributed by atoms with van der Waals surface area (Å²) < 4.78 is 5.36. The first-order valence-corrected chi connectivity index (χ1v) is 5.75. The van der Waals surface area contributed by atoms with E-state index in [1.807, 2.05) is 0 Å². The fourth-order valence-electron chi connectivity index (χ4n) is 1.30. The van der Waals surface area contributed by atoms with E-state index in [-0.39, 0.29) is 11.5 Å². The Kier molecular flexibility index (Phi) is 3.82. The number of anilines is 1. The quantitative estimate of drug-likeness (QED) is 0.662. The van der Waals surface area contributed by atoms with Crippen molar-refractivity contribution in [1.82, 2.24) is 15.1 Å². The Bertz CT molecular complexity index is 545. The number of halogens is 1. The smallest absolute Gasteiger partial charge is 0.312 e. The molecule has 0 aromatic carbocycles. The van der Waals surface area contributed by atoms with Gasteiger partial charge in [0.15, 0.2) is 6.33 Å². The molecule has 0 spiro atoms. The van der Waals surface area contributed by atoms with Crippen molar-refractivity contribution in [3.63, 3.8) is 0 Å². The molecule has 0 radical (unpaired) electrons. The van der Waals surface area contributed by atoms with E-state index < -0.39 is 4.92 Å². The molecule has 0 saturated heterocycles. The van der Waals surface area contributed by atoms with Crippen LogP contribution in [-0.4, -0.2) is 26.6 Å². The van der Waals surface area contributed by atoms with Gasteiger partial charge in [-0.3, -0.25) is 10.1 Å². The van der Waals surface area contributed by atoms with Crippen molar-refractivity contribution in [3.05, 3.63) is 39.1 Å². The first-order valence-electron chi connectivity index (χ1n) is 4.96. The number of nitro groups is 1. The molecular weight excluding hydrogens is 306 g/mol. The van der Waals surface area contributed by atoms with Gasteiger partial charge in [-0.2, -0.15) is 4.98 Å². The van der Waals surface area contributed by atoms with E-state index >= 15 is 0 Å². The fourth-order valence-corrected chi connectivity index (χ4v) is 1.62. The standard InChI is InChI=1S/C9H8BrN5O3/c10-6-3-7(15(16)17)9(12-4-6)11-2-1-8-13-5-14-18-8/h3-5H,1-2H2,(H,11,12). The minimum atomic E-state index is -0.493. The topological polar surface area (TPSA) is 107 Å². The van der Waals surface area contributed by atoms with Crippen molar-refractivity contribution < 1.29 is 9.45 Å². The zero-order valence-electron chi connectivity index (χ0n) is 9.04. The summed E-state index contributed by atoms with van der Waals surface area (Å²) in [5.41, 5.74) is -0.0881. The lowest BCUT2D eigenvalue weighted by molar-refractivity contribution is -0.384. The fraction of sp³-hybridized carbons (Fsp3) is 0.222. The van der Waals surface area contributed by atoms with Crippen LogP contribution in [0.15, 0.2) is 27.6 Å². The van der Waals surface area contributed by atoms with Crippen LogP contribution in [0.2, 0.25) is 0 Å². The third-order valence-electron chi connectivity index (χ3n) is 2.07. The van der Waals surface area contributed by atoms with Crippen molar-refractivity contribution in [2.45, 2.75) is 6.42 Å². The van der Waals surface area contributed by atoms with Crippen molar-refractivity contribution in [2.75, 3.05) is 11.9 Å². The van der Waals surface area contributed by atoms with Crippen LogP contribution >= 0.6 is 15.9 Å². The van der Waals surface area contributed by atoms with Crippen LogP contribution in [0.25, 0.3) is 0 Å². The molecule has 0 bridgehead atoms. The number of pyridine rings is 1. The monoisotopic (exact) mass is 313 g/mol. The van der Waals surface area contributed by atoms with Crippen LogP contribution in [0, 0.1) is 10.1 Å². The highest BCUT2D eigenvalue weighted by atomic mass is 79.9. The molecule has 0 aliphatic rings. The van der Waals surface area contributed by atoms with Gasteiger partial charge in [-0.15, -0.1) is 0 Å². The molecule has 0 fully saturated rings. The normalized spacial score (nSPS) is 10.3. The van der Waals surface area contributed by atoms with Crippen LogP contribution in [0.1, 0.15) is 5.89 Å². The molecule has 2 aromatic rings. The molecule has 0 aliphatic carbocycles. The van der Waals surface area contributed by atoms with Crippen LogP contribution in [-0.2, 0) is 6.42 Å². The van der Waals surface area contributed by atoms with E-state index in [2.05, 4.69) is 36.4 Å². The highest BCUT2D eigenvalue weighted by Crippen LogP contribution is 2.25. The molecule has 18 heavy (non-hydrogen) atoms. The molecule has 2 heterocycles. The van der Waals surface area contributed by atoms with E-state index in [4.69, 9.17) is 4.52 Å².